The Morgan fingerprint density at radius 3 is 2.40 bits per heavy atom. The Labute approximate surface area is 62.6 Å². The summed E-state index contributed by atoms with van der Waals surface area (Å²) in [6, 6.07) is 0. The van der Waals surface area contributed by atoms with E-state index in [-0.39, 0.29) is 11.4 Å². The molecule has 10 heavy (non-hydrogen) atoms. The zero-order valence-electron chi connectivity index (χ0n) is 6.94. The van der Waals surface area contributed by atoms with Crippen LogP contribution in [0.15, 0.2) is 0 Å². The minimum absolute atomic E-state index is 0.164. The molecule has 0 aromatic carbocycles. The normalized spacial score (nSPS) is 11.2. The summed E-state index contributed by atoms with van der Waals surface area (Å²) in [4.78, 5) is 10.8. The van der Waals surface area contributed by atoms with Crippen molar-refractivity contribution in [2.24, 2.45) is 5.41 Å². The van der Waals surface area contributed by atoms with E-state index in [4.69, 9.17) is 4.74 Å². The molecule has 0 aliphatic heterocycles. The van der Waals surface area contributed by atoms with Gasteiger partial charge in [0, 0.05) is 0 Å². The quantitative estimate of drug-likeness (QED) is 0.563. The lowest BCUT2D eigenvalue weighted by Crippen LogP contribution is -2.15. The number of carbonyl (C=O) groups excluding carboxylic acids is 1. The van der Waals surface area contributed by atoms with Crippen LogP contribution in [0.2, 0.25) is 0 Å². The van der Waals surface area contributed by atoms with Gasteiger partial charge in [0.25, 0.3) is 0 Å². The predicted octanol–water partition coefficient (Wildman–Crippen LogP) is 1.80. The lowest BCUT2D eigenvalue weighted by molar-refractivity contribution is -0.144. The van der Waals surface area contributed by atoms with E-state index in [1.165, 1.54) is 0 Å². The van der Waals surface area contributed by atoms with Gasteiger partial charge in [0.15, 0.2) is 0 Å². The summed E-state index contributed by atoms with van der Waals surface area (Å²) in [6.07, 6.45) is 0.390. The van der Waals surface area contributed by atoms with Gasteiger partial charge in [-0.25, -0.2) is 0 Å². The molecule has 0 aromatic rings. The molecule has 0 heterocycles. The van der Waals surface area contributed by atoms with Crippen molar-refractivity contribution < 1.29 is 9.53 Å². The van der Waals surface area contributed by atoms with Gasteiger partial charge >= 0.3 is 5.97 Å². The van der Waals surface area contributed by atoms with E-state index in [9.17, 15) is 4.79 Å². The monoisotopic (exact) mass is 143 g/mol. The molecule has 0 aromatic heterocycles. The molecule has 0 atom stereocenters. The molecule has 1 radical (unpaired) electrons. The van der Waals surface area contributed by atoms with Crippen molar-refractivity contribution in [1.29, 1.82) is 0 Å². The van der Waals surface area contributed by atoms with E-state index in [0.717, 1.165) is 0 Å². The highest BCUT2D eigenvalue weighted by Crippen LogP contribution is 2.17. The molecular formula is C8H15O2. The van der Waals surface area contributed by atoms with Gasteiger partial charge in [-0.2, -0.15) is 0 Å². The highest BCUT2D eigenvalue weighted by molar-refractivity contribution is 5.70. The van der Waals surface area contributed by atoms with E-state index in [1.807, 2.05) is 13.8 Å². The van der Waals surface area contributed by atoms with E-state index < -0.39 is 0 Å². The van der Waals surface area contributed by atoms with Crippen LogP contribution in [0.1, 0.15) is 27.2 Å². The molecule has 0 amide bonds. The maximum absolute atomic E-state index is 10.8. The highest BCUT2D eigenvalue weighted by atomic mass is 16.5. The zero-order valence-corrected chi connectivity index (χ0v) is 6.94. The number of esters is 1. The molecule has 0 aliphatic carbocycles. The lowest BCUT2D eigenvalue weighted by Gasteiger charge is -2.15. The summed E-state index contributed by atoms with van der Waals surface area (Å²) >= 11 is 0. The number of rotatable bonds is 3. The molecule has 2 nitrogen and oxygen atoms in total. The molecule has 0 rings (SSSR count). The number of hydrogen-bond donors (Lipinski definition) is 0. The Kier molecular flexibility index (Phi) is 3.40. The first-order valence-corrected chi connectivity index (χ1v) is 3.46. The van der Waals surface area contributed by atoms with Crippen molar-refractivity contribution in [3.05, 3.63) is 6.92 Å². The second kappa shape index (κ2) is 3.59. The minimum atomic E-state index is -0.202. The first-order chi connectivity index (χ1) is 4.45. The van der Waals surface area contributed by atoms with Crippen LogP contribution in [0.25, 0.3) is 0 Å². The molecular weight excluding hydrogens is 128 g/mol. The zero-order chi connectivity index (χ0) is 8.20. The summed E-state index contributed by atoms with van der Waals surface area (Å²) in [5, 5.41) is 0. The third-order valence-electron chi connectivity index (χ3n) is 0.928. The molecule has 0 spiro atoms. The van der Waals surface area contributed by atoms with Crippen LogP contribution in [-0.4, -0.2) is 12.6 Å². The Hall–Kier alpha value is -0.530. The number of hydrogen-bond acceptors (Lipinski definition) is 2. The molecule has 0 N–H and O–H groups in total. The third-order valence-corrected chi connectivity index (χ3v) is 0.928. The first kappa shape index (κ1) is 9.47. The van der Waals surface area contributed by atoms with Crippen LogP contribution in [0.3, 0.4) is 0 Å². The first-order valence-electron chi connectivity index (χ1n) is 3.46. The van der Waals surface area contributed by atoms with E-state index in [0.29, 0.717) is 13.0 Å². The summed E-state index contributed by atoms with van der Waals surface area (Å²) < 4.78 is 4.74. The smallest absolute Gasteiger partial charge is 0.306 e. The number of ether oxygens (including phenoxy) is 1. The summed E-state index contributed by atoms with van der Waals surface area (Å²) in [6.45, 7) is 9.86. The summed E-state index contributed by atoms with van der Waals surface area (Å²) in [7, 11) is 0. The minimum Gasteiger partial charge on any atom is -0.466 e. The van der Waals surface area contributed by atoms with Gasteiger partial charge in [0.2, 0.25) is 0 Å². The SMILES string of the molecule is [CH2]C(C)(C)CC(=O)OCC. The van der Waals surface area contributed by atoms with E-state index >= 15 is 0 Å². The second-order valence-corrected chi connectivity index (χ2v) is 3.15. The van der Waals surface area contributed by atoms with Crippen LogP contribution in [0, 0.1) is 12.3 Å². The molecule has 0 fully saturated rings. The molecule has 2 heteroatoms. The molecule has 0 unspecified atom stereocenters. The van der Waals surface area contributed by atoms with Gasteiger partial charge in [0.1, 0.15) is 0 Å². The van der Waals surface area contributed by atoms with Gasteiger partial charge in [-0.15, -0.1) is 0 Å². The summed E-state index contributed by atoms with van der Waals surface area (Å²) in [5.41, 5.74) is -0.202. The molecule has 59 valence electrons. The third kappa shape index (κ3) is 5.60. The maximum Gasteiger partial charge on any atom is 0.306 e. The fourth-order valence-electron chi connectivity index (χ4n) is 0.603. The topological polar surface area (TPSA) is 26.3 Å². The average molecular weight is 143 g/mol. The van der Waals surface area contributed by atoms with Crippen LogP contribution in [-0.2, 0) is 9.53 Å². The van der Waals surface area contributed by atoms with Gasteiger partial charge in [-0.3, -0.25) is 4.79 Å². The Morgan fingerprint density at radius 1 is 1.60 bits per heavy atom. The van der Waals surface area contributed by atoms with Gasteiger partial charge in [0.05, 0.1) is 13.0 Å². The standard InChI is InChI=1S/C8H15O2/c1-5-10-7(9)6-8(2,3)4/h2,5-6H2,1,3-4H3. The second-order valence-electron chi connectivity index (χ2n) is 3.15. The maximum atomic E-state index is 10.8. The fourth-order valence-corrected chi connectivity index (χ4v) is 0.603. The predicted molar refractivity (Wildman–Crippen MR) is 40.4 cm³/mol. The Balaban J connectivity index is 3.58. The van der Waals surface area contributed by atoms with Gasteiger partial charge < -0.3 is 4.74 Å². The molecule has 0 saturated heterocycles. The number of carbonyl (C=O) groups is 1. The van der Waals surface area contributed by atoms with Gasteiger partial charge in [-0.1, -0.05) is 13.8 Å². The van der Waals surface area contributed by atoms with Crippen molar-refractivity contribution in [1.82, 2.24) is 0 Å². The molecule has 0 aliphatic rings. The van der Waals surface area contributed by atoms with Crippen molar-refractivity contribution in [3.8, 4) is 0 Å². The van der Waals surface area contributed by atoms with Gasteiger partial charge in [-0.05, 0) is 19.3 Å². The van der Waals surface area contributed by atoms with Crippen LogP contribution >= 0.6 is 0 Å². The summed E-state index contributed by atoms with van der Waals surface area (Å²) in [5.74, 6) is -0.164. The lowest BCUT2D eigenvalue weighted by atomic mass is 9.93. The van der Waals surface area contributed by atoms with Crippen molar-refractivity contribution in [3.63, 3.8) is 0 Å². The largest absolute Gasteiger partial charge is 0.466 e. The van der Waals surface area contributed by atoms with E-state index in [2.05, 4.69) is 6.92 Å². The van der Waals surface area contributed by atoms with E-state index in [1.54, 1.807) is 6.92 Å². The molecule has 0 bridgehead atoms. The van der Waals surface area contributed by atoms with Crippen molar-refractivity contribution >= 4 is 5.97 Å². The Bertz CT molecular complexity index is 111. The van der Waals surface area contributed by atoms with Crippen LogP contribution in [0.4, 0.5) is 0 Å². The average Bonchev–Trinajstić information content (AvgIpc) is 1.59. The highest BCUT2D eigenvalue weighted by Gasteiger charge is 2.16. The van der Waals surface area contributed by atoms with Crippen molar-refractivity contribution in [2.75, 3.05) is 6.61 Å². The fraction of sp³-hybridized carbons (Fsp3) is 0.750. The van der Waals surface area contributed by atoms with Crippen LogP contribution < -0.4 is 0 Å². The van der Waals surface area contributed by atoms with Crippen molar-refractivity contribution in [2.45, 2.75) is 27.2 Å². The van der Waals surface area contributed by atoms with Crippen LogP contribution in [0.5, 0.6) is 0 Å². The Morgan fingerprint density at radius 2 is 2.10 bits per heavy atom. The molecule has 0 saturated carbocycles.